The molecule has 1 atom stereocenters. The van der Waals surface area contributed by atoms with Crippen LogP contribution in [0.4, 0.5) is 0 Å². The molecule has 2 nitrogen and oxygen atoms in total. The van der Waals surface area contributed by atoms with E-state index in [2.05, 4.69) is 24.3 Å². The lowest BCUT2D eigenvalue weighted by Crippen LogP contribution is -2.04. The lowest BCUT2D eigenvalue weighted by atomic mass is 10.2. The predicted octanol–water partition coefficient (Wildman–Crippen LogP) is 4.90. The van der Waals surface area contributed by atoms with Gasteiger partial charge >= 0.3 is 0 Å². The highest BCUT2D eigenvalue weighted by atomic mass is 33.1. The molecule has 2 aromatic carbocycles. The van der Waals surface area contributed by atoms with Crippen molar-refractivity contribution >= 4 is 32.8 Å². The van der Waals surface area contributed by atoms with Crippen LogP contribution in [0, 0.1) is 0 Å². The van der Waals surface area contributed by atoms with Crippen molar-refractivity contribution in [2.45, 2.75) is 10.6 Å². The Morgan fingerprint density at radius 2 is 1.82 bits per heavy atom. The van der Waals surface area contributed by atoms with Crippen LogP contribution in [0.15, 0.2) is 71.0 Å². The van der Waals surface area contributed by atoms with Gasteiger partial charge in [-0.25, -0.2) is 0 Å². The second kappa shape index (κ2) is 9.90. The Balaban J connectivity index is 1.68. The van der Waals surface area contributed by atoms with Gasteiger partial charge < -0.3 is 9.29 Å². The monoisotopic (exact) mass is 350 g/mol. The van der Waals surface area contributed by atoms with Gasteiger partial charge in [0.2, 0.25) is 0 Å². The molecule has 0 N–H and O–H groups in total. The average Bonchev–Trinajstić information content (AvgIpc) is 2.58. The lowest BCUT2D eigenvalue weighted by molar-refractivity contribution is 0.414. The van der Waals surface area contributed by atoms with Gasteiger partial charge in [-0.15, -0.1) is 0 Å². The van der Waals surface area contributed by atoms with E-state index in [4.69, 9.17) is 4.74 Å². The Morgan fingerprint density at radius 1 is 1.09 bits per heavy atom. The van der Waals surface area contributed by atoms with Crippen molar-refractivity contribution in [3.8, 4) is 5.75 Å². The van der Waals surface area contributed by atoms with E-state index in [0.717, 1.165) is 16.4 Å². The minimum atomic E-state index is -1.00. The molecule has 116 valence electrons. The molecule has 0 aliphatic rings. The quantitative estimate of drug-likeness (QED) is 0.385. The summed E-state index contributed by atoms with van der Waals surface area (Å²) >= 11 is -1.00. The fourth-order valence-corrected chi connectivity index (χ4v) is 4.46. The van der Waals surface area contributed by atoms with E-state index in [1.54, 1.807) is 28.7 Å². The standard InChI is InChI=1S/C17H18O2S3/c1-19-16-8-10-17(11-9-16)22(18)13-5-12-20-21-14-15-6-3-2-4-7-15/h2-12H,13-14H2,1H3. The third-order valence-electron chi connectivity index (χ3n) is 2.86. The topological polar surface area (TPSA) is 32.3 Å². The molecule has 0 fully saturated rings. The minimum absolute atomic E-state index is 0.533. The Hall–Kier alpha value is -1.01. The molecule has 5 heteroatoms. The van der Waals surface area contributed by atoms with Gasteiger partial charge in [0.1, 0.15) is 11.5 Å². The summed E-state index contributed by atoms with van der Waals surface area (Å²) in [5, 5.41) is 2.01. The first kappa shape index (κ1) is 17.3. The van der Waals surface area contributed by atoms with E-state index in [0.29, 0.717) is 5.75 Å². The number of rotatable bonds is 8. The molecule has 0 radical (unpaired) electrons. The van der Waals surface area contributed by atoms with E-state index < -0.39 is 11.2 Å². The molecule has 0 aromatic heterocycles. The maximum absolute atomic E-state index is 12.1. The second-order valence-electron chi connectivity index (χ2n) is 4.40. The third kappa shape index (κ3) is 6.01. The van der Waals surface area contributed by atoms with E-state index in [9.17, 15) is 4.55 Å². The lowest BCUT2D eigenvalue weighted by Gasteiger charge is -2.08. The molecule has 22 heavy (non-hydrogen) atoms. The van der Waals surface area contributed by atoms with Crippen molar-refractivity contribution in [3.05, 3.63) is 71.6 Å². The van der Waals surface area contributed by atoms with Crippen molar-refractivity contribution in [2.24, 2.45) is 0 Å². The Kier molecular flexibility index (Phi) is 7.80. The van der Waals surface area contributed by atoms with Crippen molar-refractivity contribution in [2.75, 3.05) is 12.9 Å². The first-order valence-electron chi connectivity index (χ1n) is 6.79. The molecule has 0 bridgehead atoms. The summed E-state index contributed by atoms with van der Waals surface area (Å²) in [4.78, 5) is 0.826. The van der Waals surface area contributed by atoms with Crippen LogP contribution in [0.5, 0.6) is 5.75 Å². The third-order valence-corrected chi connectivity index (χ3v) is 6.14. The van der Waals surface area contributed by atoms with Crippen LogP contribution in [-0.2, 0) is 16.9 Å². The molecule has 2 rings (SSSR count). The predicted molar refractivity (Wildman–Crippen MR) is 98.7 cm³/mol. The summed E-state index contributed by atoms with van der Waals surface area (Å²) in [7, 11) is 5.07. The molecular weight excluding hydrogens is 332 g/mol. The van der Waals surface area contributed by atoms with Gasteiger partial charge in [-0.1, -0.05) is 51.9 Å². The molecule has 0 amide bonds. The number of hydrogen-bond donors (Lipinski definition) is 0. The normalized spacial score (nSPS) is 12.5. The highest BCUT2D eigenvalue weighted by Gasteiger charge is 2.08. The summed E-state index contributed by atoms with van der Waals surface area (Å²) in [5.74, 6) is 2.28. The Bertz CT molecular complexity index is 570. The number of methoxy groups -OCH3 is 1. The fraction of sp³-hybridized carbons (Fsp3) is 0.176. The van der Waals surface area contributed by atoms with Crippen LogP contribution < -0.4 is 4.74 Å². The Morgan fingerprint density at radius 3 is 2.50 bits per heavy atom. The van der Waals surface area contributed by atoms with Gasteiger partial charge in [-0.3, -0.25) is 0 Å². The summed E-state index contributed by atoms with van der Waals surface area (Å²) in [6.07, 6.45) is 1.96. The molecule has 1 unspecified atom stereocenters. The van der Waals surface area contributed by atoms with Gasteiger partial charge in [0, 0.05) is 5.75 Å². The number of benzene rings is 2. The van der Waals surface area contributed by atoms with Crippen molar-refractivity contribution in [1.82, 2.24) is 0 Å². The number of ether oxygens (including phenoxy) is 1. The summed E-state index contributed by atoms with van der Waals surface area (Å²) in [5.41, 5.74) is 1.32. The van der Waals surface area contributed by atoms with Crippen molar-refractivity contribution in [3.63, 3.8) is 0 Å². The zero-order valence-corrected chi connectivity index (χ0v) is 14.8. The Labute approximate surface area is 142 Å². The molecule has 0 aliphatic heterocycles. The maximum Gasteiger partial charge on any atom is 0.153 e. The summed E-state index contributed by atoms with van der Waals surface area (Å²) in [6.45, 7) is 0. The highest BCUT2D eigenvalue weighted by Crippen LogP contribution is 2.27. The SMILES string of the molecule is COc1ccc([S+]([O-])CC=CSSCc2ccccc2)cc1. The van der Waals surface area contributed by atoms with Gasteiger partial charge in [0.15, 0.2) is 4.90 Å². The van der Waals surface area contributed by atoms with Crippen LogP contribution in [-0.4, -0.2) is 17.4 Å². The highest BCUT2D eigenvalue weighted by molar-refractivity contribution is 8.77. The van der Waals surface area contributed by atoms with Gasteiger partial charge in [0.05, 0.1) is 7.11 Å². The second-order valence-corrected chi connectivity index (χ2v) is 8.17. The fourth-order valence-electron chi connectivity index (χ4n) is 1.71. The summed E-state index contributed by atoms with van der Waals surface area (Å²) < 4.78 is 17.2. The largest absolute Gasteiger partial charge is 0.611 e. The zero-order chi connectivity index (χ0) is 15.6. The van der Waals surface area contributed by atoms with Crippen LogP contribution in [0.3, 0.4) is 0 Å². The summed E-state index contributed by atoms with van der Waals surface area (Å²) in [6, 6.07) is 17.7. The van der Waals surface area contributed by atoms with Gasteiger partial charge in [0.25, 0.3) is 0 Å². The van der Waals surface area contributed by atoms with Crippen molar-refractivity contribution in [1.29, 1.82) is 0 Å². The molecular formula is C17H18O2S3. The number of hydrogen-bond acceptors (Lipinski definition) is 4. The average molecular weight is 351 g/mol. The molecule has 0 saturated carbocycles. The van der Waals surface area contributed by atoms with Crippen LogP contribution in [0.25, 0.3) is 0 Å². The van der Waals surface area contributed by atoms with E-state index in [1.165, 1.54) is 5.56 Å². The van der Waals surface area contributed by atoms with E-state index >= 15 is 0 Å². The maximum atomic E-state index is 12.1. The van der Waals surface area contributed by atoms with E-state index in [1.807, 2.05) is 41.8 Å². The zero-order valence-electron chi connectivity index (χ0n) is 12.3. The first-order valence-corrected chi connectivity index (χ1v) is 10.5. The molecule has 0 aliphatic carbocycles. The molecule has 2 aromatic rings. The van der Waals surface area contributed by atoms with Crippen LogP contribution in [0.2, 0.25) is 0 Å². The van der Waals surface area contributed by atoms with E-state index in [-0.39, 0.29) is 0 Å². The minimum Gasteiger partial charge on any atom is -0.611 e. The van der Waals surface area contributed by atoms with Crippen LogP contribution >= 0.6 is 21.6 Å². The molecule has 0 saturated heterocycles. The van der Waals surface area contributed by atoms with Gasteiger partial charge in [-0.05, 0) is 52.5 Å². The molecule has 0 spiro atoms. The molecule has 0 heterocycles. The first-order chi connectivity index (χ1) is 10.8. The van der Waals surface area contributed by atoms with Crippen molar-refractivity contribution < 1.29 is 9.29 Å². The van der Waals surface area contributed by atoms with Crippen LogP contribution in [0.1, 0.15) is 5.56 Å². The van der Waals surface area contributed by atoms with Gasteiger partial charge in [-0.2, -0.15) is 0 Å². The smallest absolute Gasteiger partial charge is 0.153 e.